The van der Waals surface area contributed by atoms with Crippen molar-refractivity contribution in [2.45, 2.75) is 26.7 Å². The van der Waals surface area contributed by atoms with E-state index in [0.717, 1.165) is 12.8 Å². The van der Waals surface area contributed by atoms with E-state index < -0.39 is 0 Å². The molecule has 0 aliphatic carbocycles. The van der Waals surface area contributed by atoms with Crippen LogP contribution in [0.5, 0.6) is 0 Å². The van der Waals surface area contributed by atoms with Gasteiger partial charge in [-0.25, -0.2) is 4.79 Å². The Bertz CT molecular complexity index is 261. The molecular weight excluding hydrogens is 262 g/mol. The van der Waals surface area contributed by atoms with Crippen LogP contribution in [0.4, 0.5) is 4.79 Å². The first kappa shape index (κ1) is 12.4. The van der Waals surface area contributed by atoms with Gasteiger partial charge in [0.05, 0.1) is 6.61 Å². The molecule has 1 amide bonds. The van der Waals surface area contributed by atoms with Gasteiger partial charge < -0.3 is 14.4 Å². The lowest BCUT2D eigenvalue weighted by Gasteiger charge is -2.21. The fourth-order valence-corrected chi connectivity index (χ4v) is 1.76. The van der Waals surface area contributed by atoms with Gasteiger partial charge in [0.1, 0.15) is 0 Å². The average molecular weight is 278 g/mol. The molecule has 1 aliphatic rings. The lowest BCUT2D eigenvalue weighted by Crippen LogP contribution is -2.31. The minimum absolute atomic E-state index is 0.308. The number of halogens is 1. The first-order chi connectivity index (χ1) is 7.19. The highest BCUT2D eigenvalue weighted by atomic mass is 79.9. The predicted molar refractivity (Wildman–Crippen MR) is 60.5 cm³/mol. The van der Waals surface area contributed by atoms with Crippen LogP contribution in [0.3, 0.4) is 0 Å². The first-order valence-corrected chi connectivity index (χ1v) is 5.96. The fraction of sp³-hybridized carbons (Fsp3) is 0.700. The molecule has 0 fully saturated rings. The molecule has 86 valence electrons. The third-order valence-electron chi connectivity index (χ3n) is 2.23. The van der Waals surface area contributed by atoms with Crippen molar-refractivity contribution in [1.29, 1.82) is 0 Å². The highest BCUT2D eigenvalue weighted by molar-refractivity contribution is 9.11. The summed E-state index contributed by atoms with van der Waals surface area (Å²) in [6.45, 7) is 5.83. The van der Waals surface area contributed by atoms with Crippen LogP contribution in [-0.2, 0) is 9.47 Å². The summed E-state index contributed by atoms with van der Waals surface area (Å²) in [7, 11) is 0. The van der Waals surface area contributed by atoms with Crippen molar-refractivity contribution in [1.82, 2.24) is 4.90 Å². The van der Waals surface area contributed by atoms with E-state index in [2.05, 4.69) is 15.9 Å². The zero-order valence-electron chi connectivity index (χ0n) is 9.09. The molecule has 0 atom stereocenters. The third-order valence-corrected chi connectivity index (χ3v) is 2.90. The monoisotopic (exact) mass is 277 g/mol. The second-order valence-corrected chi connectivity index (χ2v) is 3.91. The van der Waals surface area contributed by atoms with Crippen LogP contribution >= 0.6 is 15.9 Å². The van der Waals surface area contributed by atoms with Gasteiger partial charge >= 0.3 is 6.09 Å². The maximum atomic E-state index is 11.6. The molecule has 1 heterocycles. The average Bonchev–Trinajstić information content (AvgIpc) is 2.23. The topological polar surface area (TPSA) is 38.8 Å². The summed E-state index contributed by atoms with van der Waals surface area (Å²) >= 11 is 3.24. The van der Waals surface area contributed by atoms with E-state index in [1.54, 1.807) is 4.90 Å². The summed E-state index contributed by atoms with van der Waals surface area (Å²) in [6.07, 6.45) is 1.32. The molecule has 0 saturated carbocycles. The zero-order chi connectivity index (χ0) is 11.3. The number of hydrogen-bond acceptors (Lipinski definition) is 3. The lowest BCUT2D eigenvalue weighted by molar-refractivity contribution is 0.111. The molecule has 1 aliphatic heterocycles. The van der Waals surface area contributed by atoms with Crippen molar-refractivity contribution in [3.05, 3.63) is 10.4 Å². The minimum Gasteiger partial charge on any atom is -0.484 e. The largest absolute Gasteiger partial charge is 0.484 e. The second-order valence-electron chi connectivity index (χ2n) is 3.19. The van der Waals surface area contributed by atoms with Crippen molar-refractivity contribution < 1.29 is 14.3 Å². The van der Waals surface area contributed by atoms with Crippen LogP contribution in [0.2, 0.25) is 0 Å². The molecule has 0 unspecified atom stereocenters. The first-order valence-electron chi connectivity index (χ1n) is 5.17. The maximum Gasteiger partial charge on any atom is 0.415 e. The van der Waals surface area contributed by atoms with Crippen molar-refractivity contribution in [2.75, 3.05) is 19.7 Å². The Morgan fingerprint density at radius 2 is 2.20 bits per heavy atom. The van der Waals surface area contributed by atoms with Crippen molar-refractivity contribution in [3.8, 4) is 0 Å². The van der Waals surface area contributed by atoms with Gasteiger partial charge in [-0.15, -0.1) is 0 Å². The molecule has 0 aromatic rings. The SMILES string of the molecule is CCN(CC)C(=O)OC1=C(Br)OCCC1. The Labute approximate surface area is 98.3 Å². The number of carbonyl (C=O) groups excluding carboxylic acids is 1. The summed E-state index contributed by atoms with van der Waals surface area (Å²) in [6, 6.07) is 0. The molecular formula is C10H16BrNO3. The number of hydrogen-bond donors (Lipinski definition) is 0. The highest BCUT2D eigenvalue weighted by Crippen LogP contribution is 2.24. The molecule has 0 radical (unpaired) electrons. The van der Waals surface area contributed by atoms with Gasteiger partial charge in [-0.05, 0) is 36.2 Å². The van der Waals surface area contributed by atoms with Gasteiger partial charge in [0.2, 0.25) is 4.67 Å². The number of allylic oxidation sites excluding steroid dienone is 1. The smallest absolute Gasteiger partial charge is 0.415 e. The summed E-state index contributed by atoms with van der Waals surface area (Å²) in [4.78, 5) is 13.2. The van der Waals surface area contributed by atoms with Crippen molar-refractivity contribution >= 4 is 22.0 Å². The van der Waals surface area contributed by atoms with Gasteiger partial charge in [0.15, 0.2) is 5.76 Å². The Morgan fingerprint density at radius 1 is 1.53 bits per heavy atom. The van der Waals surface area contributed by atoms with Crippen LogP contribution in [0.1, 0.15) is 26.7 Å². The summed E-state index contributed by atoms with van der Waals surface area (Å²) < 4.78 is 11.0. The number of amides is 1. The molecule has 0 saturated heterocycles. The number of nitrogens with zero attached hydrogens (tertiary/aromatic N) is 1. The second kappa shape index (κ2) is 6.00. The fourth-order valence-electron chi connectivity index (χ4n) is 1.32. The molecule has 0 aromatic carbocycles. The third kappa shape index (κ3) is 3.41. The molecule has 1 rings (SSSR count). The van der Waals surface area contributed by atoms with E-state index in [4.69, 9.17) is 9.47 Å². The molecule has 0 spiro atoms. The normalized spacial score (nSPS) is 15.9. The summed E-state index contributed by atoms with van der Waals surface area (Å²) in [5.74, 6) is 0.596. The molecule has 15 heavy (non-hydrogen) atoms. The van der Waals surface area contributed by atoms with E-state index in [-0.39, 0.29) is 6.09 Å². The van der Waals surface area contributed by atoms with Crippen molar-refractivity contribution in [3.63, 3.8) is 0 Å². The van der Waals surface area contributed by atoms with Crippen LogP contribution < -0.4 is 0 Å². The van der Waals surface area contributed by atoms with Gasteiger partial charge in [0.25, 0.3) is 0 Å². The Kier molecular flexibility index (Phi) is 4.94. The number of ether oxygens (including phenoxy) is 2. The highest BCUT2D eigenvalue weighted by Gasteiger charge is 2.19. The van der Waals surface area contributed by atoms with E-state index in [1.807, 2.05) is 13.8 Å². The quantitative estimate of drug-likeness (QED) is 0.796. The summed E-state index contributed by atoms with van der Waals surface area (Å²) in [5, 5.41) is 0. The van der Waals surface area contributed by atoms with E-state index in [1.165, 1.54) is 0 Å². The molecule has 4 nitrogen and oxygen atoms in total. The molecule has 0 N–H and O–H groups in total. The molecule has 0 bridgehead atoms. The summed E-state index contributed by atoms with van der Waals surface area (Å²) in [5.41, 5.74) is 0. The number of rotatable bonds is 3. The Morgan fingerprint density at radius 3 is 2.73 bits per heavy atom. The lowest BCUT2D eigenvalue weighted by atomic mass is 10.2. The van der Waals surface area contributed by atoms with Crippen LogP contribution in [0, 0.1) is 0 Å². The minimum atomic E-state index is -0.308. The van der Waals surface area contributed by atoms with E-state index in [9.17, 15) is 4.79 Å². The maximum absolute atomic E-state index is 11.6. The van der Waals surface area contributed by atoms with Gasteiger partial charge in [-0.2, -0.15) is 0 Å². The van der Waals surface area contributed by atoms with Crippen LogP contribution in [-0.4, -0.2) is 30.7 Å². The Hall–Kier alpha value is -0.710. The van der Waals surface area contributed by atoms with Gasteiger partial charge in [-0.3, -0.25) is 0 Å². The number of carbonyl (C=O) groups is 1. The van der Waals surface area contributed by atoms with Gasteiger partial charge in [-0.1, -0.05) is 0 Å². The van der Waals surface area contributed by atoms with E-state index >= 15 is 0 Å². The standard InChI is InChI=1S/C10H16BrNO3/c1-3-12(4-2)10(13)15-8-6-5-7-14-9(8)11/h3-7H2,1-2H3. The predicted octanol–water partition coefficient (Wildman–Crippen LogP) is 2.84. The van der Waals surface area contributed by atoms with Crippen molar-refractivity contribution in [2.24, 2.45) is 0 Å². The van der Waals surface area contributed by atoms with Crippen LogP contribution in [0.15, 0.2) is 10.4 Å². The van der Waals surface area contributed by atoms with Gasteiger partial charge in [0, 0.05) is 19.5 Å². The van der Waals surface area contributed by atoms with E-state index in [0.29, 0.717) is 30.1 Å². The molecule has 0 aromatic heterocycles. The Balaban J connectivity index is 2.56. The van der Waals surface area contributed by atoms with Crippen LogP contribution in [0.25, 0.3) is 0 Å². The molecule has 5 heteroatoms. The zero-order valence-corrected chi connectivity index (χ0v) is 10.7.